The third-order valence-electron chi connectivity index (χ3n) is 1.36. The fourth-order valence-electron chi connectivity index (χ4n) is 0.822. The Balaban J connectivity index is 2.25. The monoisotopic (exact) mass is 183 g/mol. The molecule has 0 fully saturated rings. The maximum absolute atomic E-state index is 11.0. The molecule has 0 unspecified atom stereocenters. The molecular weight excluding hydrogens is 178 g/mol. The lowest BCUT2D eigenvalue weighted by atomic mass is 10.6. The summed E-state index contributed by atoms with van der Waals surface area (Å²) in [7, 11) is 0. The lowest BCUT2D eigenvalue weighted by Gasteiger charge is -1.92. The first-order valence-corrected chi connectivity index (χ1v) is 4.13. The van der Waals surface area contributed by atoms with Crippen LogP contribution in [0.4, 0.5) is 0 Å². The molecule has 0 bridgehead atoms. The second-order valence-corrected chi connectivity index (χ2v) is 3.00. The van der Waals surface area contributed by atoms with E-state index in [1.807, 2.05) is 0 Å². The van der Waals surface area contributed by atoms with E-state index in [-0.39, 0.29) is 4.87 Å². The normalized spacial score (nSPS) is 10.3. The van der Waals surface area contributed by atoms with Crippen molar-refractivity contribution in [2.45, 2.75) is 6.54 Å². The van der Waals surface area contributed by atoms with E-state index in [0.717, 1.165) is 11.3 Å². The molecule has 0 amide bonds. The van der Waals surface area contributed by atoms with Crippen LogP contribution in [0.25, 0.3) is 0 Å². The number of nitrogens with zero attached hydrogens (tertiary/aromatic N) is 3. The van der Waals surface area contributed by atoms with E-state index in [1.54, 1.807) is 11.6 Å². The van der Waals surface area contributed by atoms with Crippen LogP contribution in [0.5, 0.6) is 0 Å². The van der Waals surface area contributed by atoms with Gasteiger partial charge in [0, 0.05) is 11.6 Å². The van der Waals surface area contributed by atoms with Crippen LogP contribution in [0.2, 0.25) is 0 Å². The molecule has 62 valence electrons. The van der Waals surface area contributed by atoms with Crippen LogP contribution in [0.1, 0.15) is 5.82 Å². The first-order valence-electron chi connectivity index (χ1n) is 3.25. The SMILES string of the molecule is O=c1sccn1Cc1ncon1. The molecule has 2 aromatic heterocycles. The molecule has 0 aromatic carbocycles. The van der Waals surface area contributed by atoms with E-state index in [9.17, 15) is 4.79 Å². The van der Waals surface area contributed by atoms with Gasteiger partial charge in [0.2, 0.25) is 6.39 Å². The summed E-state index contributed by atoms with van der Waals surface area (Å²) in [6.07, 6.45) is 2.94. The zero-order chi connectivity index (χ0) is 8.39. The average Bonchev–Trinajstić information content (AvgIpc) is 2.65. The Morgan fingerprint density at radius 3 is 3.17 bits per heavy atom. The summed E-state index contributed by atoms with van der Waals surface area (Å²) in [5.74, 6) is 0.510. The van der Waals surface area contributed by atoms with Crippen molar-refractivity contribution in [1.29, 1.82) is 0 Å². The van der Waals surface area contributed by atoms with E-state index in [0.29, 0.717) is 12.4 Å². The summed E-state index contributed by atoms with van der Waals surface area (Å²) in [6, 6.07) is 0. The molecule has 2 heterocycles. The fourth-order valence-corrected chi connectivity index (χ4v) is 1.41. The van der Waals surface area contributed by atoms with E-state index in [4.69, 9.17) is 0 Å². The number of aromatic nitrogens is 3. The molecule has 12 heavy (non-hydrogen) atoms. The van der Waals surface area contributed by atoms with Crippen molar-refractivity contribution in [2.24, 2.45) is 0 Å². The number of hydrogen-bond acceptors (Lipinski definition) is 5. The van der Waals surface area contributed by atoms with Gasteiger partial charge in [-0.1, -0.05) is 16.5 Å². The molecule has 0 saturated carbocycles. The Morgan fingerprint density at radius 2 is 2.58 bits per heavy atom. The standard InChI is InChI=1S/C6H5N3O2S/c10-6-9(1-2-12-6)3-5-7-4-11-8-5/h1-2,4H,3H2. The second-order valence-electron chi connectivity index (χ2n) is 2.14. The van der Waals surface area contributed by atoms with Gasteiger partial charge >= 0.3 is 4.87 Å². The Bertz CT molecular complexity index is 402. The smallest absolute Gasteiger partial charge is 0.307 e. The lowest BCUT2D eigenvalue weighted by molar-refractivity contribution is 0.408. The third kappa shape index (κ3) is 1.28. The van der Waals surface area contributed by atoms with Gasteiger partial charge in [-0.2, -0.15) is 4.98 Å². The predicted molar refractivity (Wildman–Crippen MR) is 42.0 cm³/mol. The minimum Gasteiger partial charge on any atom is -0.343 e. The molecule has 0 aliphatic rings. The average molecular weight is 183 g/mol. The van der Waals surface area contributed by atoms with Crippen LogP contribution in [0.3, 0.4) is 0 Å². The number of rotatable bonds is 2. The van der Waals surface area contributed by atoms with Gasteiger partial charge in [-0.3, -0.25) is 9.36 Å². The minimum atomic E-state index is -0.0141. The highest BCUT2D eigenvalue weighted by atomic mass is 32.1. The van der Waals surface area contributed by atoms with Gasteiger partial charge < -0.3 is 4.52 Å². The zero-order valence-electron chi connectivity index (χ0n) is 6.01. The molecule has 0 radical (unpaired) electrons. The molecule has 0 aliphatic carbocycles. The quantitative estimate of drug-likeness (QED) is 0.673. The van der Waals surface area contributed by atoms with Gasteiger partial charge in [0.15, 0.2) is 5.82 Å². The molecule has 0 spiro atoms. The van der Waals surface area contributed by atoms with Gasteiger partial charge in [-0.25, -0.2) is 0 Å². The van der Waals surface area contributed by atoms with Crippen molar-refractivity contribution in [3.8, 4) is 0 Å². The minimum absolute atomic E-state index is 0.0141. The topological polar surface area (TPSA) is 60.9 Å². The van der Waals surface area contributed by atoms with E-state index >= 15 is 0 Å². The van der Waals surface area contributed by atoms with E-state index < -0.39 is 0 Å². The summed E-state index contributed by atoms with van der Waals surface area (Å²) in [5, 5.41) is 5.32. The van der Waals surface area contributed by atoms with Crippen molar-refractivity contribution in [2.75, 3.05) is 0 Å². The first kappa shape index (κ1) is 7.23. The van der Waals surface area contributed by atoms with Crippen molar-refractivity contribution in [1.82, 2.24) is 14.7 Å². The van der Waals surface area contributed by atoms with Gasteiger partial charge in [0.1, 0.15) is 0 Å². The Hall–Kier alpha value is -1.43. The highest BCUT2D eigenvalue weighted by molar-refractivity contribution is 7.07. The molecule has 6 heteroatoms. The molecule has 0 aliphatic heterocycles. The fraction of sp³-hybridized carbons (Fsp3) is 0.167. The van der Waals surface area contributed by atoms with Crippen LogP contribution >= 0.6 is 11.3 Å². The third-order valence-corrected chi connectivity index (χ3v) is 2.06. The predicted octanol–water partition coefficient (Wildman–Crippen LogP) is 0.341. The van der Waals surface area contributed by atoms with Gasteiger partial charge in [-0.05, 0) is 0 Å². The summed E-state index contributed by atoms with van der Waals surface area (Å²) in [5.41, 5.74) is 0. The molecule has 5 nitrogen and oxygen atoms in total. The number of hydrogen-bond donors (Lipinski definition) is 0. The first-order chi connectivity index (χ1) is 5.86. The van der Waals surface area contributed by atoms with Crippen LogP contribution in [0.15, 0.2) is 27.3 Å². The number of thiazole rings is 1. The van der Waals surface area contributed by atoms with Crippen LogP contribution in [0, 0.1) is 0 Å². The Labute approximate surface area is 71.3 Å². The molecule has 0 atom stereocenters. The summed E-state index contributed by atoms with van der Waals surface area (Å²) in [6.45, 7) is 0.374. The van der Waals surface area contributed by atoms with Crippen LogP contribution in [-0.2, 0) is 6.54 Å². The second kappa shape index (κ2) is 2.90. The largest absolute Gasteiger partial charge is 0.343 e. The lowest BCUT2D eigenvalue weighted by Crippen LogP contribution is -2.13. The van der Waals surface area contributed by atoms with Crippen molar-refractivity contribution < 1.29 is 4.52 Å². The molecule has 2 rings (SSSR count). The molecule has 0 saturated heterocycles. The summed E-state index contributed by atoms with van der Waals surface area (Å²) >= 11 is 1.15. The van der Waals surface area contributed by atoms with Crippen molar-refractivity contribution in [3.05, 3.63) is 33.5 Å². The van der Waals surface area contributed by atoms with Crippen LogP contribution < -0.4 is 4.87 Å². The van der Waals surface area contributed by atoms with Gasteiger partial charge in [-0.15, -0.1) is 0 Å². The summed E-state index contributed by atoms with van der Waals surface area (Å²) in [4.78, 5) is 14.8. The van der Waals surface area contributed by atoms with E-state index in [2.05, 4.69) is 14.7 Å². The molecule has 0 N–H and O–H groups in total. The van der Waals surface area contributed by atoms with E-state index in [1.165, 1.54) is 11.0 Å². The molecular formula is C6H5N3O2S. The summed E-state index contributed by atoms with van der Waals surface area (Å²) < 4.78 is 6.05. The van der Waals surface area contributed by atoms with Crippen molar-refractivity contribution in [3.63, 3.8) is 0 Å². The highest BCUT2D eigenvalue weighted by Crippen LogP contribution is 1.94. The van der Waals surface area contributed by atoms with Gasteiger partial charge in [0.25, 0.3) is 0 Å². The van der Waals surface area contributed by atoms with Gasteiger partial charge in [0.05, 0.1) is 6.54 Å². The maximum Gasteiger partial charge on any atom is 0.307 e. The Morgan fingerprint density at radius 1 is 1.67 bits per heavy atom. The van der Waals surface area contributed by atoms with Crippen LogP contribution in [-0.4, -0.2) is 14.7 Å². The maximum atomic E-state index is 11.0. The molecule has 2 aromatic rings. The highest BCUT2D eigenvalue weighted by Gasteiger charge is 2.01. The van der Waals surface area contributed by atoms with Crippen molar-refractivity contribution >= 4 is 11.3 Å². The Kier molecular flexibility index (Phi) is 1.75. The zero-order valence-corrected chi connectivity index (χ0v) is 6.82.